The lowest BCUT2D eigenvalue weighted by atomic mass is 9.99. The molecule has 0 bridgehead atoms. The Bertz CT molecular complexity index is 2740. The summed E-state index contributed by atoms with van der Waals surface area (Å²) in [6.07, 6.45) is 0. The van der Waals surface area contributed by atoms with Gasteiger partial charge >= 0.3 is 0 Å². The Balaban J connectivity index is 1.31. The molecule has 200 valence electrons. The van der Waals surface area contributed by atoms with E-state index >= 15 is 0 Å². The molecule has 10 rings (SSSR count). The Hall–Kier alpha value is -5.45. The van der Waals surface area contributed by atoms with Gasteiger partial charge < -0.3 is 8.98 Å². The van der Waals surface area contributed by atoms with Crippen LogP contribution in [0, 0.1) is 0 Å². The Kier molecular flexibility index (Phi) is 4.60. The number of thiazole rings is 1. The van der Waals surface area contributed by atoms with E-state index < -0.39 is 0 Å². The van der Waals surface area contributed by atoms with Crippen LogP contribution >= 0.6 is 11.3 Å². The van der Waals surface area contributed by atoms with Crippen molar-refractivity contribution in [3.8, 4) is 16.3 Å². The molecule has 0 aliphatic carbocycles. The van der Waals surface area contributed by atoms with Gasteiger partial charge in [0.25, 0.3) is 0 Å². The Morgan fingerprint density at radius 1 is 0.581 bits per heavy atom. The number of rotatable bonds is 2. The highest BCUT2D eigenvalue weighted by atomic mass is 32.1. The van der Waals surface area contributed by atoms with Gasteiger partial charge in [0.2, 0.25) is 0 Å². The molecule has 0 radical (unpaired) electrons. The van der Waals surface area contributed by atoms with Crippen LogP contribution in [0.1, 0.15) is 0 Å². The molecule has 0 amide bonds. The van der Waals surface area contributed by atoms with Gasteiger partial charge in [-0.3, -0.25) is 0 Å². The van der Waals surface area contributed by atoms with Gasteiger partial charge in [0.15, 0.2) is 0 Å². The molecule has 0 atom stereocenters. The average molecular weight is 567 g/mol. The molecule has 0 aliphatic rings. The molecule has 3 nitrogen and oxygen atoms in total. The molecular weight excluding hydrogens is 545 g/mol. The highest BCUT2D eigenvalue weighted by Gasteiger charge is 2.22. The molecule has 4 heteroatoms. The van der Waals surface area contributed by atoms with Gasteiger partial charge in [-0.25, -0.2) is 4.98 Å². The highest BCUT2D eigenvalue weighted by Crippen LogP contribution is 2.46. The van der Waals surface area contributed by atoms with E-state index in [0.717, 1.165) is 43.7 Å². The molecule has 0 saturated heterocycles. The minimum Gasteiger partial charge on any atom is -0.455 e. The maximum atomic E-state index is 6.56. The van der Waals surface area contributed by atoms with Crippen molar-refractivity contribution in [3.63, 3.8) is 0 Å². The van der Waals surface area contributed by atoms with Crippen LogP contribution in [0.25, 0.3) is 91.8 Å². The summed E-state index contributed by atoms with van der Waals surface area (Å²) in [5.41, 5.74) is 7.54. The first-order valence-corrected chi connectivity index (χ1v) is 15.3. The molecule has 0 unspecified atom stereocenters. The second-order valence-corrected chi connectivity index (χ2v) is 12.2. The van der Waals surface area contributed by atoms with E-state index in [1.807, 2.05) is 6.07 Å². The summed E-state index contributed by atoms with van der Waals surface area (Å²) in [4.78, 5) is 5.17. The van der Waals surface area contributed by atoms with Crippen LogP contribution < -0.4 is 0 Å². The molecule has 43 heavy (non-hydrogen) atoms. The second-order valence-electron chi connectivity index (χ2n) is 11.1. The van der Waals surface area contributed by atoms with Crippen LogP contribution in [0.2, 0.25) is 0 Å². The van der Waals surface area contributed by atoms with Crippen LogP contribution in [0.3, 0.4) is 0 Å². The molecular formula is C39H22N2OS. The third-order valence-corrected chi connectivity index (χ3v) is 9.85. The Morgan fingerprint density at radius 2 is 1.33 bits per heavy atom. The number of aromatic nitrogens is 2. The molecule has 3 heterocycles. The van der Waals surface area contributed by atoms with Gasteiger partial charge in [-0.15, -0.1) is 11.3 Å². The lowest BCUT2D eigenvalue weighted by molar-refractivity contribution is 0.673. The second kappa shape index (κ2) is 8.54. The van der Waals surface area contributed by atoms with Gasteiger partial charge in [-0.2, -0.15) is 0 Å². The van der Waals surface area contributed by atoms with Crippen molar-refractivity contribution in [2.75, 3.05) is 0 Å². The topological polar surface area (TPSA) is 31.0 Å². The SMILES string of the molecule is c1cc(-c2nc3c(ccc4ccccc43)s2)cc(-n2c3ccccc3c3c4c5ccccc5oc4c4ccccc4c32)c1. The summed E-state index contributed by atoms with van der Waals surface area (Å²) in [6.45, 7) is 0. The molecule has 0 saturated carbocycles. The normalized spacial score (nSPS) is 12.2. The van der Waals surface area contributed by atoms with Crippen LogP contribution in [-0.4, -0.2) is 9.55 Å². The lowest BCUT2D eigenvalue weighted by Gasteiger charge is -2.11. The van der Waals surface area contributed by atoms with Crippen LogP contribution in [0.5, 0.6) is 0 Å². The fourth-order valence-electron chi connectivity index (χ4n) is 6.95. The number of para-hydroxylation sites is 2. The van der Waals surface area contributed by atoms with Crippen molar-refractivity contribution in [1.29, 1.82) is 0 Å². The molecule has 3 aromatic heterocycles. The van der Waals surface area contributed by atoms with Gasteiger partial charge in [0.1, 0.15) is 16.2 Å². The minimum absolute atomic E-state index is 0.914. The van der Waals surface area contributed by atoms with Crippen LogP contribution in [0.15, 0.2) is 138 Å². The first-order valence-electron chi connectivity index (χ1n) is 14.5. The van der Waals surface area contributed by atoms with Crippen LogP contribution in [-0.2, 0) is 0 Å². The monoisotopic (exact) mass is 566 g/mol. The summed E-state index contributed by atoms with van der Waals surface area (Å²) in [6, 6.07) is 47.5. The fourth-order valence-corrected chi connectivity index (χ4v) is 7.93. The Labute approximate surface area is 249 Å². The molecule has 0 fully saturated rings. The summed E-state index contributed by atoms with van der Waals surface area (Å²) in [5.74, 6) is 0. The molecule has 0 spiro atoms. The highest BCUT2D eigenvalue weighted by molar-refractivity contribution is 7.21. The van der Waals surface area contributed by atoms with Crippen molar-refractivity contribution in [3.05, 3.63) is 133 Å². The van der Waals surface area contributed by atoms with E-state index in [1.54, 1.807) is 11.3 Å². The average Bonchev–Trinajstić information content (AvgIpc) is 3.77. The van der Waals surface area contributed by atoms with Gasteiger partial charge in [0, 0.05) is 49.0 Å². The van der Waals surface area contributed by atoms with Gasteiger partial charge in [0.05, 0.1) is 21.3 Å². The number of benzene rings is 7. The number of hydrogen-bond donors (Lipinski definition) is 0. The molecule has 7 aromatic carbocycles. The van der Waals surface area contributed by atoms with E-state index in [0.29, 0.717) is 0 Å². The van der Waals surface area contributed by atoms with E-state index in [2.05, 4.69) is 132 Å². The zero-order chi connectivity index (χ0) is 28.1. The maximum absolute atomic E-state index is 6.56. The number of nitrogens with zero attached hydrogens (tertiary/aromatic N) is 2. The lowest BCUT2D eigenvalue weighted by Crippen LogP contribution is -1.95. The number of furan rings is 1. The maximum Gasteiger partial charge on any atom is 0.144 e. The standard InChI is InChI=1S/C39H22N2OS/c1-2-13-26-23(10-1)20-21-33-36(26)40-39(43-33)24-11-9-12-25(22-24)41-31-18-7-5-16-29(31)34-35-30-17-6-8-19-32(30)42-38(35)28-15-4-3-14-27(28)37(34)41/h1-22H. The summed E-state index contributed by atoms with van der Waals surface area (Å²) in [5, 5.41) is 10.5. The van der Waals surface area contributed by atoms with Crippen molar-refractivity contribution in [2.24, 2.45) is 0 Å². The molecule has 0 N–H and O–H groups in total. The van der Waals surface area contributed by atoms with Crippen molar-refractivity contribution < 1.29 is 4.42 Å². The summed E-state index contributed by atoms with van der Waals surface area (Å²) < 4.78 is 10.2. The zero-order valence-corrected chi connectivity index (χ0v) is 23.7. The van der Waals surface area contributed by atoms with Crippen molar-refractivity contribution in [2.45, 2.75) is 0 Å². The largest absolute Gasteiger partial charge is 0.455 e. The van der Waals surface area contributed by atoms with Crippen molar-refractivity contribution >= 4 is 86.8 Å². The fraction of sp³-hybridized carbons (Fsp3) is 0. The number of hydrogen-bond acceptors (Lipinski definition) is 3. The van der Waals surface area contributed by atoms with Crippen molar-refractivity contribution in [1.82, 2.24) is 9.55 Å². The van der Waals surface area contributed by atoms with Gasteiger partial charge in [-0.1, -0.05) is 103 Å². The third-order valence-electron chi connectivity index (χ3n) is 8.78. The Morgan fingerprint density at radius 3 is 2.23 bits per heavy atom. The summed E-state index contributed by atoms with van der Waals surface area (Å²) >= 11 is 1.75. The first kappa shape index (κ1) is 23.1. The quantitative estimate of drug-likeness (QED) is 0.208. The van der Waals surface area contributed by atoms with E-state index in [1.165, 1.54) is 48.1 Å². The smallest absolute Gasteiger partial charge is 0.144 e. The van der Waals surface area contributed by atoms with E-state index in [9.17, 15) is 0 Å². The molecule has 0 aliphatic heterocycles. The zero-order valence-electron chi connectivity index (χ0n) is 22.9. The summed E-state index contributed by atoms with van der Waals surface area (Å²) in [7, 11) is 0. The van der Waals surface area contributed by atoms with E-state index in [-0.39, 0.29) is 0 Å². The minimum atomic E-state index is 0.914. The van der Waals surface area contributed by atoms with Gasteiger partial charge in [-0.05, 0) is 35.7 Å². The predicted molar refractivity (Wildman–Crippen MR) is 182 cm³/mol. The van der Waals surface area contributed by atoms with E-state index in [4.69, 9.17) is 9.40 Å². The predicted octanol–water partition coefficient (Wildman–Crippen LogP) is 11.3. The molecule has 10 aromatic rings. The first-order chi connectivity index (χ1) is 21.3. The third kappa shape index (κ3) is 3.16. The number of fused-ring (bicyclic) bond motifs is 13. The van der Waals surface area contributed by atoms with Crippen LogP contribution in [0.4, 0.5) is 0 Å².